The third kappa shape index (κ3) is 3.63. The van der Waals surface area contributed by atoms with Gasteiger partial charge in [0.25, 0.3) is 5.91 Å². The van der Waals surface area contributed by atoms with Crippen LogP contribution in [0.1, 0.15) is 17.3 Å². The molecule has 0 heterocycles. The van der Waals surface area contributed by atoms with Crippen molar-refractivity contribution in [1.29, 1.82) is 0 Å². The average molecular weight is 350 g/mol. The molecule has 1 amide bonds. The quantitative estimate of drug-likeness (QED) is 0.833. The first kappa shape index (κ1) is 18.1. The second-order valence-corrected chi connectivity index (χ2v) is 7.49. The molecule has 0 unspecified atom stereocenters. The van der Waals surface area contributed by atoms with Gasteiger partial charge in [0.2, 0.25) is 10.0 Å². The third-order valence-electron chi connectivity index (χ3n) is 3.58. The summed E-state index contributed by atoms with van der Waals surface area (Å²) in [5.41, 5.74) is 0.938. The van der Waals surface area contributed by atoms with E-state index in [1.54, 1.807) is 0 Å². The molecule has 0 saturated carbocycles. The van der Waals surface area contributed by atoms with Gasteiger partial charge in [-0.05, 0) is 55.5 Å². The Morgan fingerprint density at radius 3 is 2.00 bits per heavy atom. The van der Waals surface area contributed by atoms with E-state index in [2.05, 4.69) is 0 Å². The molecule has 5 nitrogen and oxygen atoms in total. The van der Waals surface area contributed by atoms with Crippen LogP contribution in [0.5, 0.6) is 0 Å². The summed E-state index contributed by atoms with van der Waals surface area (Å²) in [6, 6.07) is 11.4. The normalized spacial score (nSPS) is 11.5. The topological polar surface area (TPSA) is 57.7 Å². The van der Waals surface area contributed by atoms with E-state index in [-0.39, 0.29) is 16.6 Å². The first-order chi connectivity index (χ1) is 11.3. The van der Waals surface area contributed by atoms with E-state index in [1.807, 2.05) is 6.92 Å². The lowest BCUT2D eigenvalue weighted by Crippen LogP contribution is -2.30. The maximum absolute atomic E-state index is 13.0. The Balaban J connectivity index is 2.30. The van der Waals surface area contributed by atoms with E-state index in [0.29, 0.717) is 17.8 Å². The highest BCUT2D eigenvalue weighted by Gasteiger charge is 2.20. The van der Waals surface area contributed by atoms with Crippen LogP contribution >= 0.6 is 0 Å². The van der Waals surface area contributed by atoms with Gasteiger partial charge in [0.1, 0.15) is 5.82 Å². The molecular weight excluding hydrogens is 331 g/mol. The molecule has 0 spiro atoms. The lowest BCUT2D eigenvalue weighted by Gasteiger charge is -2.21. The van der Waals surface area contributed by atoms with Crippen molar-refractivity contribution < 1.29 is 17.6 Å². The van der Waals surface area contributed by atoms with Gasteiger partial charge in [0.15, 0.2) is 0 Å². The molecule has 0 radical (unpaired) electrons. The van der Waals surface area contributed by atoms with Gasteiger partial charge in [0.05, 0.1) is 4.90 Å². The van der Waals surface area contributed by atoms with E-state index in [1.165, 1.54) is 67.5 Å². The highest BCUT2D eigenvalue weighted by Crippen LogP contribution is 2.19. The summed E-state index contributed by atoms with van der Waals surface area (Å²) >= 11 is 0. The SMILES string of the molecule is CCN(C(=O)c1ccc(S(=O)(=O)N(C)C)cc1)c1ccc(F)cc1. The Morgan fingerprint density at radius 2 is 1.54 bits per heavy atom. The predicted molar refractivity (Wildman–Crippen MR) is 91.1 cm³/mol. The number of benzene rings is 2. The van der Waals surface area contributed by atoms with Crippen molar-refractivity contribution in [1.82, 2.24) is 4.31 Å². The van der Waals surface area contributed by atoms with Crippen molar-refractivity contribution in [3.63, 3.8) is 0 Å². The van der Waals surface area contributed by atoms with E-state index in [9.17, 15) is 17.6 Å². The number of rotatable bonds is 5. The first-order valence-corrected chi connectivity index (χ1v) is 8.81. The van der Waals surface area contributed by atoms with Crippen LogP contribution in [0.25, 0.3) is 0 Å². The molecule has 0 N–H and O–H groups in total. The van der Waals surface area contributed by atoms with Crippen LogP contribution in [0.3, 0.4) is 0 Å². The summed E-state index contributed by atoms with van der Waals surface area (Å²) in [4.78, 5) is 14.2. The maximum Gasteiger partial charge on any atom is 0.258 e. The van der Waals surface area contributed by atoms with E-state index < -0.39 is 10.0 Å². The highest BCUT2D eigenvalue weighted by molar-refractivity contribution is 7.89. The molecule has 128 valence electrons. The van der Waals surface area contributed by atoms with E-state index in [0.717, 1.165) is 4.31 Å². The van der Waals surface area contributed by atoms with Crippen LogP contribution in [0.15, 0.2) is 53.4 Å². The Kier molecular flexibility index (Phi) is 5.36. The van der Waals surface area contributed by atoms with Crippen LogP contribution in [0.4, 0.5) is 10.1 Å². The molecule has 24 heavy (non-hydrogen) atoms. The predicted octanol–water partition coefficient (Wildman–Crippen LogP) is 2.74. The van der Waals surface area contributed by atoms with Gasteiger partial charge in [-0.3, -0.25) is 4.79 Å². The number of hydrogen-bond donors (Lipinski definition) is 0. The largest absolute Gasteiger partial charge is 0.309 e. The van der Waals surface area contributed by atoms with Crippen molar-refractivity contribution in [2.45, 2.75) is 11.8 Å². The fourth-order valence-corrected chi connectivity index (χ4v) is 3.10. The fourth-order valence-electron chi connectivity index (χ4n) is 2.20. The minimum absolute atomic E-state index is 0.119. The third-order valence-corrected chi connectivity index (χ3v) is 5.41. The molecule has 0 bridgehead atoms. The summed E-state index contributed by atoms with van der Waals surface area (Å²) in [6.45, 7) is 2.22. The molecule has 0 aliphatic carbocycles. The van der Waals surface area contributed by atoms with Gasteiger partial charge >= 0.3 is 0 Å². The van der Waals surface area contributed by atoms with Gasteiger partial charge in [-0.1, -0.05) is 0 Å². The maximum atomic E-state index is 13.0. The monoisotopic (exact) mass is 350 g/mol. The number of halogens is 1. The van der Waals surface area contributed by atoms with Gasteiger partial charge in [-0.15, -0.1) is 0 Å². The van der Waals surface area contributed by atoms with Gasteiger partial charge in [0, 0.05) is 31.9 Å². The summed E-state index contributed by atoms with van der Waals surface area (Å²) in [5.74, 6) is -0.654. The van der Waals surface area contributed by atoms with Gasteiger partial charge < -0.3 is 4.90 Å². The molecule has 7 heteroatoms. The van der Waals surface area contributed by atoms with Crippen LogP contribution in [0.2, 0.25) is 0 Å². The molecule has 0 aliphatic heterocycles. The molecule has 2 aromatic rings. The van der Waals surface area contributed by atoms with Crippen LogP contribution < -0.4 is 4.90 Å². The van der Waals surface area contributed by atoms with Crippen LogP contribution in [-0.2, 0) is 10.0 Å². The molecule has 0 atom stereocenters. The number of hydrogen-bond acceptors (Lipinski definition) is 3. The number of amides is 1. The minimum atomic E-state index is -3.54. The summed E-state index contributed by atoms with van der Waals surface area (Å²) < 4.78 is 38.3. The smallest absolute Gasteiger partial charge is 0.258 e. The van der Waals surface area contributed by atoms with Gasteiger partial charge in [-0.2, -0.15) is 0 Å². The Bertz CT molecular complexity index is 816. The van der Waals surface area contributed by atoms with Crippen molar-refractivity contribution in [3.8, 4) is 0 Å². The summed E-state index contributed by atoms with van der Waals surface area (Å²) in [7, 11) is -0.643. The number of nitrogens with zero attached hydrogens (tertiary/aromatic N) is 2. The zero-order valence-electron chi connectivity index (χ0n) is 13.7. The zero-order chi connectivity index (χ0) is 17.9. The minimum Gasteiger partial charge on any atom is -0.309 e. The number of carbonyl (C=O) groups excluding carboxylic acids is 1. The molecule has 0 aromatic heterocycles. The second-order valence-electron chi connectivity index (χ2n) is 5.34. The molecule has 2 rings (SSSR count). The van der Waals surface area contributed by atoms with E-state index >= 15 is 0 Å². The summed E-state index contributed by atoms with van der Waals surface area (Å²) in [5, 5.41) is 0. The number of sulfonamides is 1. The zero-order valence-corrected chi connectivity index (χ0v) is 14.5. The highest BCUT2D eigenvalue weighted by atomic mass is 32.2. The van der Waals surface area contributed by atoms with Gasteiger partial charge in [-0.25, -0.2) is 17.1 Å². The van der Waals surface area contributed by atoms with Crippen molar-refractivity contribution in [3.05, 3.63) is 59.9 Å². The first-order valence-electron chi connectivity index (χ1n) is 7.37. The molecular formula is C17H19FN2O3S. The molecule has 0 saturated heterocycles. The van der Waals surface area contributed by atoms with Crippen molar-refractivity contribution in [2.24, 2.45) is 0 Å². The molecule has 2 aromatic carbocycles. The number of anilines is 1. The molecule has 0 aliphatic rings. The van der Waals surface area contributed by atoms with Crippen LogP contribution in [-0.4, -0.2) is 39.3 Å². The fraction of sp³-hybridized carbons (Fsp3) is 0.235. The standard InChI is InChI=1S/C17H19FN2O3S/c1-4-20(15-9-7-14(18)8-10-15)17(21)13-5-11-16(12-6-13)24(22,23)19(2)3/h5-12H,4H2,1-3H3. The lowest BCUT2D eigenvalue weighted by molar-refractivity contribution is 0.0988. The molecule has 0 fully saturated rings. The Hall–Kier alpha value is -2.25. The average Bonchev–Trinajstić information content (AvgIpc) is 2.57. The Labute approximate surface area is 141 Å². The number of carbonyl (C=O) groups is 1. The summed E-state index contributed by atoms with van der Waals surface area (Å²) in [6.07, 6.45) is 0. The van der Waals surface area contributed by atoms with E-state index in [4.69, 9.17) is 0 Å². The van der Waals surface area contributed by atoms with Crippen molar-refractivity contribution >= 4 is 21.6 Å². The Morgan fingerprint density at radius 1 is 1.00 bits per heavy atom. The van der Waals surface area contributed by atoms with Crippen LogP contribution in [0, 0.1) is 5.82 Å². The lowest BCUT2D eigenvalue weighted by atomic mass is 10.2. The van der Waals surface area contributed by atoms with Crippen molar-refractivity contribution in [2.75, 3.05) is 25.5 Å². The second kappa shape index (κ2) is 7.11.